The van der Waals surface area contributed by atoms with Gasteiger partial charge in [0, 0.05) is 17.3 Å². The number of carbonyl (C=O) groups excluding carboxylic acids is 1. The maximum absolute atomic E-state index is 13.2. The lowest BCUT2D eigenvalue weighted by Crippen LogP contribution is -2.30. The van der Waals surface area contributed by atoms with Gasteiger partial charge in [0.15, 0.2) is 0 Å². The Kier molecular flexibility index (Phi) is 8.29. The zero-order valence-corrected chi connectivity index (χ0v) is 24.2. The molecule has 0 fully saturated rings. The molecule has 0 saturated heterocycles. The van der Waals surface area contributed by atoms with Crippen LogP contribution in [0.15, 0.2) is 103 Å². The number of nitrogens with one attached hydrogen (secondary N) is 1. The molecule has 5 aromatic rings. The molecular formula is C35H33N3O5. The van der Waals surface area contributed by atoms with E-state index in [9.17, 15) is 14.7 Å². The first-order valence-corrected chi connectivity index (χ1v) is 13.9. The quantitative estimate of drug-likeness (QED) is 0.154. The molecule has 0 aliphatic rings. The van der Waals surface area contributed by atoms with Crippen LogP contribution in [0, 0.1) is 0 Å². The van der Waals surface area contributed by atoms with Crippen molar-refractivity contribution in [2.75, 3.05) is 5.73 Å². The van der Waals surface area contributed by atoms with E-state index in [4.69, 9.17) is 15.2 Å². The van der Waals surface area contributed by atoms with Crippen molar-refractivity contribution in [3.8, 4) is 23.0 Å². The Balaban J connectivity index is 1.31. The fraction of sp³-hybridized carbons (Fsp3) is 0.171. The molecule has 1 atom stereocenters. The Hall–Kier alpha value is -5.37. The molecule has 0 saturated carbocycles. The summed E-state index contributed by atoms with van der Waals surface area (Å²) in [7, 11) is 0. The Morgan fingerprint density at radius 2 is 1.35 bits per heavy atom. The lowest BCUT2D eigenvalue weighted by molar-refractivity contribution is -0.137. The third kappa shape index (κ3) is 7.48. The van der Waals surface area contributed by atoms with E-state index in [1.165, 1.54) is 5.56 Å². The van der Waals surface area contributed by atoms with E-state index >= 15 is 0 Å². The number of nitrogens with two attached hydrogens (primary N) is 1. The molecular weight excluding hydrogens is 542 g/mol. The topological polar surface area (TPSA) is 124 Å². The number of carbonyl (C=O) groups is 2. The zero-order chi connectivity index (χ0) is 30.6. The second-order valence-electron chi connectivity index (χ2n) is 11.3. The molecule has 8 heteroatoms. The number of nitrogens with zero attached hydrogens (tertiary/aromatic N) is 1. The molecule has 0 bridgehead atoms. The van der Waals surface area contributed by atoms with Crippen molar-refractivity contribution in [3.05, 3.63) is 120 Å². The van der Waals surface area contributed by atoms with Crippen molar-refractivity contribution >= 4 is 28.3 Å². The number of amides is 1. The number of hydrogen-bond acceptors (Lipinski definition) is 6. The van der Waals surface area contributed by atoms with Crippen LogP contribution in [-0.4, -0.2) is 22.0 Å². The normalized spacial score (nSPS) is 12.0. The number of fused-ring (bicyclic) bond motifs is 1. The van der Waals surface area contributed by atoms with Crippen molar-refractivity contribution in [2.45, 2.75) is 38.6 Å². The molecule has 5 rings (SSSR count). The Morgan fingerprint density at radius 3 is 1.95 bits per heavy atom. The van der Waals surface area contributed by atoms with Gasteiger partial charge in [0.1, 0.15) is 28.7 Å². The van der Waals surface area contributed by atoms with E-state index in [1.807, 2.05) is 30.3 Å². The average Bonchev–Trinajstić information content (AvgIpc) is 2.97. The second kappa shape index (κ2) is 12.2. The van der Waals surface area contributed by atoms with E-state index in [-0.39, 0.29) is 17.5 Å². The van der Waals surface area contributed by atoms with Crippen molar-refractivity contribution in [3.63, 3.8) is 0 Å². The highest BCUT2D eigenvalue weighted by atomic mass is 16.5. The molecule has 1 unspecified atom stereocenters. The van der Waals surface area contributed by atoms with Crippen LogP contribution in [0.3, 0.4) is 0 Å². The average molecular weight is 576 g/mol. The minimum Gasteiger partial charge on any atom is -0.481 e. The van der Waals surface area contributed by atoms with Gasteiger partial charge in [-0.3, -0.25) is 14.6 Å². The highest BCUT2D eigenvalue weighted by molar-refractivity contribution is 5.97. The van der Waals surface area contributed by atoms with Gasteiger partial charge in [-0.2, -0.15) is 0 Å². The summed E-state index contributed by atoms with van der Waals surface area (Å²) >= 11 is 0. The van der Waals surface area contributed by atoms with Crippen LogP contribution in [0.2, 0.25) is 0 Å². The molecule has 1 aromatic heterocycles. The third-order valence-electron chi connectivity index (χ3n) is 6.96. The first-order valence-electron chi connectivity index (χ1n) is 13.9. The summed E-state index contributed by atoms with van der Waals surface area (Å²) in [6, 6.07) is 28.3. The minimum absolute atomic E-state index is 0.0466. The maximum Gasteiger partial charge on any atom is 0.305 e. The highest BCUT2D eigenvalue weighted by Gasteiger charge is 2.20. The molecule has 8 nitrogen and oxygen atoms in total. The Morgan fingerprint density at radius 1 is 0.791 bits per heavy atom. The van der Waals surface area contributed by atoms with Gasteiger partial charge in [-0.1, -0.05) is 45.0 Å². The first-order chi connectivity index (χ1) is 20.5. The number of pyridine rings is 1. The number of nitrogen functional groups attached to an aromatic ring is 1. The van der Waals surface area contributed by atoms with Gasteiger partial charge in [0.25, 0.3) is 5.91 Å². The summed E-state index contributed by atoms with van der Waals surface area (Å²) in [5, 5.41) is 14.0. The molecule has 1 heterocycles. The predicted octanol–water partition coefficient (Wildman–Crippen LogP) is 7.64. The number of aliphatic carboxylic acids is 1. The van der Waals surface area contributed by atoms with E-state index in [1.54, 1.807) is 60.8 Å². The number of ether oxygens (including phenoxy) is 2. The van der Waals surface area contributed by atoms with Crippen LogP contribution in [0.25, 0.3) is 10.8 Å². The monoisotopic (exact) mass is 575 g/mol. The predicted molar refractivity (Wildman–Crippen MR) is 167 cm³/mol. The number of rotatable bonds is 9. The summed E-state index contributed by atoms with van der Waals surface area (Å²) < 4.78 is 11.9. The van der Waals surface area contributed by atoms with Gasteiger partial charge < -0.3 is 25.6 Å². The molecule has 218 valence electrons. The highest BCUT2D eigenvalue weighted by Crippen LogP contribution is 2.30. The largest absolute Gasteiger partial charge is 0.481 e. The fourth-order valence-electron chi connectivity index (χ4n) is 4.56. The standard InChI is InChI=1S/C35H33N3O5/c1-35(2,3)25-7-14-28(15-8-25)43-30-13-6-23-21-37-32(19-24(23)18-30)34(41)38-31(20-33(39)40)22-4-11-27(12-5-22)42-29-16-9-26(36)10-17-29/h4-19,21,31H,20,36H2,1-3H3,(H,38,41)(H,39,40). The number of aromatic nitrogens is 1. The Bertz CT molecular complexity index is 1740. The molecule has 4 aromatic carbocycles. The van der Waals surface area contributed by atoms with Crippen LogP contribution in [0.1, 0.15) is 54.8 Å². The van der Waals surface area contributed by atoms with Crippen LogP contribution in [0.4, 0.5) is 5.69 Å². The molecule has 0 aliphatic carbocycles. The van der Waals surface area contributed by atoms with Gasteiger partial charge >= 0.3 is 5.97 Å². The second-order valence-corrected chi connectivity index (χ2v) is 11.3. The number of anilines is 1. The van der Waals surface area contributed by atoms with Gasteiger partial charge in [-0.25, -0.2) is 0 Å². The van der Waals surface area contributed by atoms with E-state index in [0.717, 1.165) is 10.8 Å². The summed E-state index contributed by atoms with van der Waals surface area (Å²) in [5.74, 6) is 0.982. The van der Waals surface area contributed by atoms with Gasteiger partial charge in [0.05, 0.1) is 12.5 Å². The molecule has 0 aliphatic heterocycles. The maximum atomic E-state index is 13.2. The summed E-state index contributed by atoms with van der Waals surface area (Å²) in [6.07, 6.45) is 1.31. The molecule has 0 radical (unpaired) electrons. The first kappa shape index (κ1) is 29.1. The third-order valence-corrected chi connectivity index (χ3v) is 6.96. The van der Waals surface area contributed by atoms with Crippen molar-refractivity contribution in [2.24, 2.45) is 0 Å². The fourth-order valence-corrected chi connectivity index (χ4v) is 4.56. The van der Waals surface area contributed by atoms with E-state index in [0.29, 0.717) is 34.2 Å². The Labute approximate surface area is 250 Å². The van der Waals surface area contributed by atoms with Gasteiger partial charge in [-0.05, 0) is 94.7 Å². The number of hydrogen-bond donors (Lipinski definition) is 3. The lowest BCUT2D eigenvalue weighted by atomic mass is 9.87. The van der Waals surface area contributed by atoms with Crippen LogP contribution < -0.4 is 20.5 Å². The zero-order valence-electron chi connectivity index (χ0n) is 24.2. The van der Waals surface area contributed by atoms with Crippen molar-refractivity contribution in [1.82, 2.24) is 10.3 Å². The molecule has 43 heavy (non-hydrogen) atoms. The van der Waals surface area contributed by atoms with Crippen molar-refractivity contribution in [1.29, 1.82) is 0 Å². The van der Waals surface area contributed by atoms with Gasteiger partial charge in [-0.15, -0.1) is 0 Å². The molecule has 0 spiro atoms. The summed E-state index contributed by atoms with van der Waals surface area (Å²) in [6.45, 7) is 6.48. The molecule has 1 amide bonds. The number of benzene rings is 4. The van der Waals surface area contributed by atoms with Gasteiger partial charge in [0.2, 0.25) is 0 Å². The van der Waals surface area contributed by atoms with Crippen molar-refractivity contribution < 1.29 is 24.2 Å². The smallest absolute Gasteiger partial charge is 0.305 e. The van der Waals surface area contributed by atoms with Crippen LogP contribution in [-0.2, 0) is 10.2 Å². The SMILES string of the molecule is CC(C)(C)c1ccc(Oc2ccc3cnc(C(=O)NC(CC(=O)O)c4ccc(Oc5ccc(N)cc5)cc4)cc3c2)cc1. The lowest BCUT2D eigenvalue weighted by Gasteiger charge is -2.19. The summed E-state index contributed by atoms with van der Waals surface area (Å²) in [5.41, 5.74) is 8.40. The van der Waals surface area contributed by atoms with E-state index < -0.39 is 17.9 Å². The summed E-state index contributed by atoms with van der Waals surface area (Å²) in [4.78, 5) is 29.2. The van der Waals surface area contributed by atoms with E-state index in [2.05, 4.69) is 43.2 Å². The minimum atomic E-state index is -1.05. The van der Waals surface area contributed by atoms with Crippen LogP contribution >= 0.6 is 0 Å². The number of carboxylic acid groups (broad SMARTS) is 1. The van der Waals surface area contributed by atoms with Crippen LogP contribution in [0.5, 0.6) is 23.0 Å². The molecule has 4 N–H and O–H groups in total. The number of carboxylic acids is 1.